The molecule has 0 spiro atoms. The molecule has 1 atom stereocenters. The highest BCUT2D eigenvalue weighted by Crippen LogP contribution is 2.33. The van der Waals surface area contributed by atoms with E-state index in [-0.39, 0.29) is 12.0 Å². The van der Waals surface area contributed by atoms with E-state index >= 15 is 0 Å². The minimum Gasteiger partial charge on any atom is -0.480 e. The van der Waals surface area contributed by atoms with Crippen molar-refractivity contribution in [1.29, 1.82) is 0 Å². The number of rotatable bonds is 13. The first-order chi connectivity index (χ1) is 23.9. The highest BCUT2D eigenvalue weighted by Gasteiger charge is 2.23. The molecule has 0 heterocycles. The second-order valence-corrected chi connectivity index (χ2v) is 11.7. The molecule has 1 unspecified atom stereocenters. The molecule has 0 fully saturated rings. The first kappa shape index (κ1) is 32.9. The number of benzene rings is 6. The number of carboxylic acids is 1. The molecule has 3 N–H and O–H groups in total. The van der Waals surface area contributed by atoms with Crippen LogP contribution in [0.4, 0.5) is 5.69 Å². The molecule has 244 valence electrons. The van der Waals surface area contributed by atoms with Crippen LogP contribution in [0.5, 0.6) is 23.0 Å². The van der Waals surface area contributed by atoms with Crippen molar-refractivity contribution < 1.29 is 24.2 Å². The highest BCUT2D eigenvalue weighted by molar-refractivity contribution is 6.31. The minimum atomic E-state index is -1.17. The largest absolute Gasteiger partial charge is 0.480 e. The molecule has 0 bridgehead atoms. The van der Waals surface area contributed by atoms with Crippen LogP contribution in [0.25, 0.3) is 11.1 Å². The van der Waals surface area contributed by atoms with Crippen LogP contribution in [0.3, 0.4) is 0 Å². The predicted octanol–water partition coefficient (Wildman–Crippen LogP) is 9.63. The van der Waals surface area contributed by atoms with Crippen LogP contribution < -0.4 is 20.1 Å². The second-order valence-electron chi connectivity index (χ2n) is 11.3. The lowest BCUT2D eigenvalue weighted by Crippen LogP contribution is -2.42. The van der Waals surface area contributed by atoms with Gasteiger partial charge in [-0.1, -0.05) is 103 Å². The van der Waals surface area contributed by atoms with Gasteiger partial charge in [-0.15, -0.1) is 0 Å². The van der Waals surface area contributed by atoms with Crippen molar-refractivity contribution >= 4 is 29.2 Å². The van der Waals surface area contributed by atoms with Crippen molar-refractivity contribution in [2.24, 2.45) is 0 Å². The van der Waals surface area contributed by atoms with E-state index in [4.69, 9.17) is 21.1 Å². The first-order valence-corrected chi connectivity index (χ1v) is 16.1. The van der Waals surface area contributed by atoms with Crippen LogP contribution in [0.2, 0.25) is 5.02 Å². The molecule has 0 radical (unpaired) electrons. The van der Waals surface area contributed by atoms with E-state index in [1.54, 1.807) is 12.1 Å². The van der Waals surface area contributed by atoms with Gasteiger partial charge in [0.2, 0.25) is 0 Å². The van der Waals surface area contributed by atoms with Gasteiger partial charge in [-0.3, -0.25) is 4.79 Å². The fraction of sp³-hybridized carbons (Fsp3) is 0.0732. The van der Waals surface area contributed by atoms with Crippen LogP contribution in [0.15, 0.2) is 152 Å². The van der Waals surface area contributed by atoms with Gasteiger partial charge in [-0.25, -0.2) is 4.79 Å². The van der Waals surface area contributed by atoms with Crippen molar-refractivity contribution in [2.75, 3.05) is 5.32 Å². The van der Waals surface area contributed by atoms with E-state index in [0.717, 1.165) is 33.8 Å². The van der Waals surface area contributed by atoms with Crippen LogP contribution in [-0.4, -0.2) is 23.0 Å². The minimum absolute atomic E-state index is 0.0875. The van der Waals surface area contributed by atoms with Gasteiger partial charge in [-0.2, -0.15) is 0 Å². The lowest BCUT2D eigenvalue weighted by molar-refractivity contribution is -0.139. The number of carboxylic acid groups (broad SMARTS) is 1. The maximum absolute atomic E-state index is 13.5. The molecule has 7 nitrogen and oxygen atoms in total. The molecule has 1 amide bonds. The predicted molar refractivity (Wildman–Crippen MR) is 193 cm³/mol. The third-order valence-electron chi connectivity index (χ3n) is 7.78. The number of amides is 1. The van der Waals surface area contributed by atoms with E-state index in [9.17, 15) is 14.7 Å². The third-order valence-corrected chi connectivity index (χ3v) is 8.01. The number of anilines is 1. The van der Waals surface area contributed by atoms with Gasteiger partial charge < -0.3 is 25.2 Å². The lowest BCUT2D eigenvalue weighted by atomic mass is 9.99. The zero-order chi connectivity index (χ0) is 34.0. The number of para-hydroxylation sites is 3. The van der Waals surface area contributed by atoms with Crippen molar-refractivity contribution in [3.8, 4) is 34.1 Å². The topological polar surface area (TPSA) is 96.9 Å². The van der Waals surface area contributed by atoms with E-state index in [2.05, 4.69) is 10.6 Å². The Kier molecular flexibility index (Phi) is 10.5. The Bertz CT molecular complexity index is 2020. The molecule has 0 saturated carbocycles. The number of carbonyl (C=O) groups excluding carboxylic acids is 1. The zero-order valence-electron chi connectivity index (χ0n) is 26.4. The Morgan fingerprint density at radius 2 is 1.24 bits per heavy atom. The quantitative estimate of drug-likeness (QED) is 0.113. The van der Waals surface area contributed by atoms with Crippen molar-refractivity contribution in [3.05, 3.63) is 173 Å². The Balaban J connectivity index is 1.11. The average Bonchev–Trinajstić information content (AvgIpc) is 3.13. The molecule has 0 aliphatic rings. The number of hydrogen-bond donors (Lipinski definition) is 3. The van der Waals surface area contributed by atoms with Gasteiger partial charge in [0.05, 0.1) is 5.56 Å². The summed E-state index contributed by atoms with van der Waals surface area (Å²) in [4.78, 5) is 25.8. The van der Waals surface area contributed by atoms with Gasteiger partial charge >= 0.3 is 5.97 Å². The van der Waals surface area contributed by atoms with Crippen LogP contribution >= 0.6 is 11.6 Å². The summed E-state index contributed by atoms with van der Waals surface area (Å²) in [7, 11) is 0. The summed E-state index contributed by atoms with van der Waals surface area (Å²) < 4.78 is 12.0. The summed E-state index contributed by atoms with van der Waals surface area (Å²) in [6.45, 7) is 0.418. The number of aliphatic carboxylic acids is 1. The molecular weight excluding hydrogens is 636 g/mol. The van der Waals surface area contributed by atoms with E-state index in [1.807, 2.05) is 133 Å². The summed E-state index contributed by atoms with van der Waals surface area (Å²) in [6.07, 6.45) is 0.0875. The molecular formula is C41H33ClN2O5. The molecule has 0 aliphatic heterocycles. The maximum atomic E-state index is 13.5. The van der Waals surface area contributed by atoms with Crippen LogP contribution in [0.1, 0.15) is 21.5 Å². The first-order valence-electron chi connectivity index (χ1n) is 15.7. The van der Waals surface area contributed by atoms with Crippen LogP contribution in [-0.2, 0) is 17.8 Å². The smallest absolute Gasteiger partial charge is 0.326 e. The number of nitrogens with one attached hydrogen (secondary N) is 2. The average molecular weight is 669 g/mol. The molecule has 49 heavy (non-hydrogen) atoms. The van der Waals surface area contributed by atoms with Crippen molar-refractivity contribution in [1.82, 2.24) is 5.32 Å². The van der Waals surface area contributed by atoms with Crippen LogP contribution in [0, 0.1) is 0 Å². The summed E-state index contributed by atoms with van der Waals surface area (Å²) in [6, 6.07) is 45.7. The number of ether oxygens (including phenoxy) is 2. The summed E-state index contributed by atoms with van der Waals surface area (Å²) in [5.74, 6) is 1.20. The molecule has 6 aromatic rings. The van der Waals surface area contributed by atoms with Gasteiger partial charge in [-0.05, 0) is 77.4 Å². The Morgan fingerprint density at radius 1 is 0.653 bits per heavy atom. The summed E-state index contributed by atoms with van der Waals surface area (Å²) in [5, 5.41) is 16.4. The number of hydrogen-bond acceptors (Lipinski definition) is 5. The lowest BCUT2D eigenvalue weighted by Gasteiger charge is -2.18. The molecule has 6 aromatic carbocycles. The van der Waals surface area contributed by atoms with E-state index in [1.165, 1.54) is 6.07 Å². The number of carbonyl (C=O) groups is 2. The molecule has 0 aromatic heterocycles. The van der Waals surface area contributed by atoms with E-state index in [0.29, 0.717) is 28.8 Å². The fourth-order valence-electron chi connectivity index (χ4n) is 5.26. The maximum Gasteiger partial charge on any atom is 0.326 e. The molecule has 6 rings (SSSR count). The van der Waals surface area contributed by atoms with Crippen molar-refractivity contribution in [3.63, 3.8) is 0 Å². The van der Waals surface area contributed by atoms with Gasteiger partial charge in [0.1, 0.15) is 29.0 Å². The van der Waals surface area contributed by atoms with E-state index < -0.39 is 17.9 Å². The highest BCUT2D eigenvalue weighted by atomic mass is 35.5. The molecule has 0 saturated heterocycles. The standard InChI is InChI=1S/C41H33ClN2O5/c42-31-21-24-37(43-27-29-17-22-34(23-18-29)48-32-9-3-1-4-10-32)36(26-31)40(45)44-38(41(46)47)25-28-15-19-30(20-16-28)35-13-7-8-14-39(35)49-33-11-5-2-6-12-33/h1-24,26,38,43H,25,27H2,(H,44,45)(H,46,47). The SMILES string of the molecule is O=C(NC(Cc1ccc(-c2ccccc2Oc2ccccc2)cc1)C(=O)O)c1cc(Cl)ccc1NCc1ccc(Oc2ccccc2)cc1. The third kappa shape index (κ3) is 8.86. The van der Waals surface area contributed by atoms with Crippen molar-refractivity contribution in [2.45, 2.75) is 19.0 Å². The Hall–Kier alpha value is -6.05. The Morgan fingerprint density at radius 3 is 1.92 bits per heavy atom. The normalized spacial score (nSPS) is 11.3. The number of halogens is 1. The fourth-order valence-corrected chi connectivity index (χ4v) is 5.43. The zero-order valence-corrected chi connectivity index (χ0v) is 27.1. The Labute approximate surface area is 289 Å². The monoisotopic (exact) mass is 668 g/mol. The van der Waals surface area contributed by atoms with Gasteiger partial charge in [0.25, 0.3) is 5.91 Å². The summed E-state index contributed by atoms with van der Waals surface area (Å²) in [5.41, 5.74) is 4.30. The summed E-state index contributed by atoms with van der Waals surface area (Å²) >= 11 is 6.27. The molecule has 0 aliphatic carbocycles. The van der Waals surface area contributed by atoms with Gasteiger partial charge in [0.15, 0.2) is 0 Å². The second kappa shape index (κ2) is 15.7. The van der Waals surface area contributed by atoms with Gasteiger partial charge in [0, 0.05) is 29.2 Å². The molecule has 8 heteroatoms.